The molecule has 1 aliphatic rings. The molecule has 5 nitrogen and oxygen atoms in total. The Balaban J connectivity index is 1.87. The summed E-state index contributed by atoms with van der Waals surface area (Å²) in [7, 11) is 2.13. The lowest BCUT2D eigenvalue weighted by Crippen LogP contribution is -2.45. The van der Waals surface area contributed by atoms with E-state index in [0.717, 1.165) is 54.1 Å². The van der Waals surface area contributed by atoms with Crippen LogP contribution in [0.15, 0.2) is 48.7 Å². The fourth-order valence-electron chi connectivity index (χ4n) is 3.81. The summed E-state index contributed by atoms with van der Waals surface area (Å²) in [6.07, 6.45) is 1.73. The smallest absolute Gasteiger partial charge is 0.196 e. The molecule has 0 spiro atoms. The number of hydrogen-bond donors (Lipinski definition) is 0. The minimum Gasteiger partial charge on any atom is -0.494 e. The summed E-state index contributed by atoms with van der Waals surface area (Å²) in [5.41, 5.74) is 4.32. The molecular weight excluding hydrogens is 362 g/mol. The van der Waals surface area contributed by atoms with Gasteiger partial charge < -0.3 is 14.5 Å². The number of carbonyl (C=O) groups is 1. The lowest BCUT2D eigenvalue weighted by molar-refractivity contribution is 0.103. The third kappa shape index (κ3) is 3.96. The van der Waals surface area contributed by atoms with Crippen LogP contribution in [0, 0.1) is 6.92 Å². The van der Waals surface area contributed by atoms with E-state index in [1.165, 1.54) is 0 Å². The molecule has 0 radical (unpaired) electrons. The Morgan fingerprint density at radius 3 is 2.48 bits per heavy atom. The van der Waals surface area contributed by atoms with Gasteiger partial charge in [-0.1, -0.05) is 29.8 Å². The second-order valence-electron chi connectivity index (χ2n) is 7.62. The molecule has 1 fully saturated rings. The molecule has 0 N–H and O–H groups in total. The summed E-state index contributed by atoms with van der Waals surface area (Å²) < 4.78 is 5.73. The number of fused-ring (bicyclic) bond motifs is 1. The highest BCUT2D eigenvalue weighted by Crippen LogP contribution is 2.34. The number of piperazine rings is 1. The van der Waals surface area contributed by atoms with Crippen molar-refractivity contribution in [2.75, 3.05) is 44.7 Å². The highest BCUT2D eigenvalue weighted by molar-refractivity contribution is 6.16. The van der Waals surface area contributed by atoms with Crippen LogP contribution in [0.2, 0.25) is 0 Å². The molecule has 0 atom stereocenters. The molecule has 0 unspecified atom stereocenters. The van der Waals surface area contributed by atoms with E-state index in [-0.39, 0.29) is 5.78 Å². The normalized spacial score (nSPS) is 14.9. The first-order valence-electron chi connectivity index (χ1n) is 10.2. The summed E-state index contributed by atoms with van der Waals surface area (Å²) in [5, 5.41) is 0.971. The van der Waals surface area contributed by atoms with E-state index in [2.05, 4.69) is 21.8 Å². The number of anilines is 1. The number of nitrogens with zero attached hydrogens (tertiary/aromatic N) is 3. The summed E-state index contributed by atoms with van der Waals surface area (Å²) in [5.74, 6) is 0.812. The first kappa shape index (κ1) is 19.4. The van der Waals surface area contributed by atoms with Crippen LogP contribution in [-0.4, -0.2) is 55.5 Å². The van der Waals surface area contributed by atoms with Gasteiger partial charge in [0.05, 0.1) is 23.4 Å². The van der Waals surface area contributed by atoms with Crippen molar-refractivity contribution in [3.8, 4) is 5.75 Å². The van der Waals surface area contributed by atoms with Crippen molar-refractivity contribution < 1.29 is 9.53 Å². The van der Waals surface area contributed by atoms with E-state index >= 15 is 0 Å². The minimum atomic E-state index is 0.00939. The highest BCUT2D eigenvalue weighted by atomic mass is 16.5. The summed E-state index contributed by atoms with van der Waals surface area (Å²) in [6.45, 7) is 8.29. The number of ether oxygens (including phenoxy) is 1. The van der Waals surface area contributed by atoms with E-state index in [4.69, 9.17) is 4.74 Å². The Bertz CT molecular complexity index is 1020. The predicted octanol–water partition coefficient (Wildman–Crippen LogP) is 3.92. The average molecular weight is 389 g/mol. The SMILES string of the molecule is CCOc1ccc2ncc(C(=O)c3ccc(C)cc3)c(N3CCN(C)CC3)c2c1. The van der Waals surface area contributed by atoms with Crippen LogP contribution in [-0.2, 0) is 0 Å². The topological polar surface area (TPSA) is 45.7 Å². The van der Waals surface area contributed by atoms with E-state index in [1.54, 1.807) is 6.20 Å². The van der Waals surface area contributed by atoms with Crippen LogP contribution < -0.4 is 9.64 Å². The molecule has 1 aliphatic heterocycles. The van der Waals surface area contributed by atoms with E-state index in [9.17, 15) is 4.79 Å². The maximum absolute atomic E-state index is 13.4. The molecular formula is C24H27N3O2. The molecule has 4 rings (SSSR count). The number of benzene rings is 2. The van der Waals surface area contributed by atoms with Crippen LogP contribution in [0.5, 0.6) is 5.75 Å². The van der Waals surface area contributed by atoms with E-state index in [0.29, 0.717) is 17.7 Å². The lowest BCUT2D eigenvalue weighted by Gasteiger charge is -2.35. The van der Waals surface area contributed by atoms with Gasteiger partial charge in [-0.2, -0.15) is 0 Å². The molecule has 0 aliphatic carbocycles. The molecule has 5 heteroatoms. The summed E-state index contributed by atoms with van der Waals surface area (Å²) in [4.78, 5) is 22.7. The number of ketones is 1. The zero-order valence-corrected chi connectivity index (χ0v) is 17.3. The van der Waals surface area contributed by atoms with Crippen LogP contribution >= 0.6 is 0 Å². The number of rotatable bonds is 5. The maximum Gasteiger partial charge on any atom is 0.196 e. The third-order valence-electron chi connectivity index (χ3n) is 5.50. The van der Waals surface area contributed by atoms with Gasteiger partial charge >= 0.3 is 0 Å². The number of pyridine rings is 1. The number of likely N-dealkylation sites (N-methyl/N-ethyl adjacent to an activating group) is 1. The van der Waals surface area contributed by atoms with E-state index in [1.807, 2.05) is 56.3 Å². The molecule has 2 heterocycles. The van der Waals surface area contributed by atoms with Crippen molar-refractivity contribution in [3.05, 3.63) is 65.4 Å². The standard InChI is InChI=1S/C24H27N3O2/c1-4-29-19-9-10-22-20(15-19)23(27-13-11-26(3)12-14-27)21(16-25-22)24(28)18-7-5-17(2)6-8-18/h5-10,15-16H,4,11-14H2,1-3H3. The molecule has 29 heavy (non-hydrogen) atoms. The van der Waals surface area contributed by atoms with Crippen molar-refractivity contribution in [2.24, 2.45) is 0 Å². The Morgan fingerprint density at radius 1 is 1.07 bits per heavy atom. The first-order chi connectivity index (χ1) is 14.1. The Labute approximate surface area is 171 Å². The first-order valence-corrected chi connectivity index (χ1v) is 10.2. The van der Waals surface area contributed by atoms with Gasteiger partial charge in [0.25, 0.3) is 0 Å². The molecule has 0 bridgehead atoms. The van der Waals surface area contributed by atoms with Gasteiger partial charge in [-0.25, -0.2) is 0 Å². The quantitative estimate of drug-likeness (QED) is 0.619. The second-order valence-corrected chi connectivity index (χ2v) is 7.62. The molecule has 0 saturated carbocycles. The average Bonchev–Trinajstić information content (AvgIpc) is 2.74. The van der Waals surface area contributed by atoms with Crippen LogP contribution in [0.25, 0.3) is 10.9 Å². The molecule has 1 saturated heterocycles. The third-order valence-corrected chi connectivity index (χ3v) is 5.50. The Kier molecular flexibility index (Phi) is 5.49. The summed E-state index contributed by atoms with van der Waals surface area (Å²) in [6, 6.07) is 13.7. The highest BCUT2D eigenvalue weighted by Gasteiger charge is 2.24. The van der Waals surface area contributed by atoms with Gasteiger partial charge in [0.1, 0.15) is 5.75 Å². The zero-order chi connectivity index (χ0) is 20.4. The van der Waals surface area contributed by atoms with Gasteiger partial charge in [0, 0.05) is 43.3 Å². The molecule has 2 aromatic carbocycles. The lowest BCUT2D eigenvalue weighted by atomic mass is 9.98. The predicted molar refractivity (Wildman–Crippen MR) is 117 cm³/mol. The second kappa shape index (κ2) is 8.21. The summed E-state index contributed by atoms with van der Waals surface area (Å²) >= 11 is 0. The monoisotopic (exact) mass is 389 g/mol. The van der Waals surface area contributed by atoms with Crippen LogP contribution in [0.4, 0.5) is 5.69 Å². The number of carbonyl (C=O) groups excluding carboxylic acids is 1. The zero-order valence-electron chi connectivity index (χ0n) is 17.3. The van der Waals surface area contributed by atoms with Gasteiger partial charge in [0.15, 0.2) is 5.78 Å². The number of hydrogen-bond acceptors (Lipinski definition) is 5. The van der Waals surface area contributed by atoms with Crippen LogP contribution in [0.3, 0.4) is 0 Å². The largest absolute Gasteiger partial charge is 0.494 e. The molecule has 3 aromatic rings. The Hall–Kier alpha value is -2.92. The Morgan fingerprint density at radius 2 is 1.79 bits per heavy atom. The van der Waals surface area contributed by atoms with Gasteiger partial charge in [-0.3, -0.25) is 9.78 Å². The molecule has 1 aromatic heterocycles. The molecule has 150 valence electrons. The number of aryl methyl sites for hydroxylation is 1. The maximum atomic E-state index is 13.4. The minimum absolute atomic E-state index is 0.00939. The van der Waals surface area contributed by atoms with Crippen molar-refractivity contribution in [2.45, 2.75) is 13.8 Å². The van der Waals surface area contributed by atoms with Gasteiger partial charge in [-0.15, -0.1) is 0 Å². The van der Waals surface area contributed by atoms with Crippen molar-refractivity contribution >= 4 is 22.4 Å². The number of aromatic nitrogens is 1. The van der Waals surface area contributed by atoms with E-state index < -0.39 is 0 Å². The van der Waals surface area contributed by atoms with Crippen molar-refractivity contribution in [3.63, 3.8) is 0 Å². The molecule has 0 amide bonds. The fraction of sp³-hybridized carbons (Fsp3) is 0.333. The van der Waals surface area contributed by atoms with Crippen LogP contribution in [0.1, 0.15) is 28.4 Å². The fourth-order valence-corrected chi connectivity index (χ4v) is 3.81. The van der Waals surface area contributed by atoms with Gasteiger partial charge in [-0.05, 0) is 39.1 Å². The van der Waals surface area contributed by atoms with Crippen molar-refractivity contribution in [1.29, 1.82) is 0 Å². The van der Waals surface area contributed by atoms with Gasteiger partial charge in [0.2, 0.25) is 0 Å². The van der Waals surface area contributed by atoms with Crippen molar-refractivity contribution in [1.82, 2.24) is 9.88 Å².